The number of benzene rings is 19. The van der Waals surface area contributed by atoms with Crippen LogP contribution < -0.4 is 14.7 Å². The van der Waals surface area contributed by atoms with Crippen molar-refractivity contribution in [3.8, 4) is 84.0 Å². The van der Waals surface area contributed by atoms with Gasteiger partial charge in [-0.25, -0.2) is 0 Å². The third-order valence-corrected chi connectivity index (χ3v) is 25.3. The molecule has 0 bridgehead atoms. The van der Waals surface area contributed by atoms with E-state index in [2.05, 4.69) is 505 Å². The van der Waals surface area contributed by atoms with E-state index in [-0.39, 0.29) is 11.8 Å². The highest BCUT2D eigenvalue weighted by Crippen LogP contribution is 2.56. The standard InChI is InChI=1S/C66H44N2O2.C54H38N2/c1-5-17-45(18-6-1)61-53-25-13-15-27-55(53)65-63(61)57-41-51(37-39-59(57)69-65)67(47-21-9-3-10-22-47)49-33-29-43(30-34-49)44-31-35-50(36-32-44)68(48-23-11-4-12-24-48)52-38-40-60-58(42-52)64-62(46-19-7-2-8-20-46)54-26-14-16-28-56(54)66(64)70-60;1-4-12-39(13-5-1)42-20-29-47(30-21-42)55(48-31-22-43(23-32-48)40-14-6-2-7-15-40)49-33-26-45(27-34-49)46-28-37-54-52(38-46)51-18-10-11-19-53(51)56(54)50-35-24-44(25-36-50)41-16-8-3-9-17-41/h1-42,61-62H;1-38H. The van der Waals surface area contributed by atoms with E-state index in [1.165, 1.54) is 111 Å². The highest BCUT2D eigenvalue weighted by atomic mass is 16.3. The van der Waals surface area contributed by atoms with Gasteiger partial charge in [0, 0.05) is 113 Å². The van der Waals surface area contributed by atoms with E-state index < -0.39 is 0 Å². The fraction of sp³-hybridized carbons (Fsp3) is 0.0167. The molecule has 22 aromatic rings. The second-order valence-electron chi connectivity index (χ2n) is 32.6. The molecule has 0 aliphatic heterocycles. The Morgan fingerprint density at radius 3 is 0.857 bits per heavy atom. The number of anilines is 9. The van der Waals surface area contributed by atoms with Crippen LogP contribution >= 0.6 is 0 Å². The molecule has 0 N–H and O–H groups in total. The quantitative estimate of drug-likeness (QED) is 0.0909. The van der Waals surface area contributed by atoms with Gasteiger partial charge >= 0.3 is 0 Å². The third kappa shape index (κ3) is 13.6. The van der Waals surface area contributed by atoms with E-state index in [1.807, 2.05) is 0 Å². The van der Waals surface area contributed by atoms with Gasteiger partial charge in [-0.05, 0) is 230 Å². The number of nitrogens with zero attached hydrogens (tertiary/aromatic N) is 4. The molecule has 2 atom stereocenters. The first-order valence-corrected chi connectivity index (χ1v) is 43.2. The van der Waals surface area contributed by atoms with E-state index in [0.717, 1.165) is 101 Å². The lowest BCUT2D eigenvalue weighted by molar-refractivity contribution is 0.630. The Morgan fingerprint density at radius 2 is 0.468 bits per heavy atom. The van der Waals surface area contributed by atoms with Crippen LogP contribution in [-0.4, -0.2) is 4.57 Å². The number of fused-ring (bicyclic) bond motifs is 13. The van der Waals surface area contributed by atoms with Crippen molar-refractivity contribution in [3.63, 3.8) is 0 Å². The summed E-state index contributed by atoms with van der Waals surface area (Å²) >= 11 is 0. The van der Waals surface area contributed by atoms with Crippen molar-refractivity contribution >= 4 is 94.9 Å². The van der Waals surface area contributed by atoms with Gasteiger partial charge in [0.1, 0.15) is 22.7 Å². The van der Waals surface area contributed by atoms with Gasteiger partial charge in [-0.3, -0.25) is 0 Å². The van der Waals surface area contributed by atoms with Crippen molar-refractivity contribution < 1.29 is 8.83 Å². The zero-order chi connectivity index (χ0) is 83.4. The van der Waals surface area contributed by atoms with Crippen molar-refractivity contribution in [2.75, 3.05) is 14.7 Å². The Balaban J connectivity index is 0.000000149. The number of hydrogen-bond donors (Lipinski definition) is 0. The minimum Gasteiger partial charge on any atom is -0.456 e. The minimum absolute atomic E-state index is 0.0893. The molecule has 24 rings (SSSR count). The number of furan rings is 2. The lowest BCUT2D eigenvalue weighted by Crippen LogP contribution is -2.10. The van der Waals surface area contributed by atoms with Crippen molar-refractivity contribution in [2.24, 2.45) is 0 Å². The van der Waals surface area contributed by atoms with Crippen molar-refractivity contribution in [2.45, 2.75) is 11.8 Å². The fourth-order valence-electron chi connectivity index (χ4n) is 19.3. The normalized spacial score (nSPS) is 12.9. The summed E-state index contributed by atoms with van der Waals surface area (Å²) in [5.74, 6) is 2.12. The summed E-state index contributed by atoms with van der Waals surface area (Å²) in [4.78, 5) is 7.03. The SMILES string of the molecule is c1ccc(-c2ccc(N(c3ccc(-c4ccccc4)cc3)c3ccc(-c4ccc5c(c4)c4ccccc4n5-c4ccc(-c5ccccc5)cc4)cc3)cc2)cc1.c1ccc(C2c3ccccc3-c3oc4ccc(N(c5ccccc5)c5ccc(-c6ccc(N(c7ccccc7)c7ccc8oc9c(c8c7)C(c7ccccc7)c7ccccc7-9)cc6)cc5)cc4c32)cc1. The molecule has 594 valence electrons. The smallest absolute Gasteiger partial charge is 0.139 e. The van der Waals surface area contributed by atoms with Gasteiger partial charge in [0.25, 0.3) is 0 Å². The first-order chi connectivity index (χ1) is 62.5. The molecule has 6 nitrogen and oxygen atoms in total. The van der Waals surface area contributed by atoms with Gasteiger partial charge in [-0.15, -0.1) is 0 Å². The summed E-state index contributed by atoms with van der Waals surface area (Å²) < 4.78 is 15.8. The lowest BCUT2D eigenvalue weighted by atomic mass is 9.88. The highest BCUT2D eigenvalue weighted by Gasteiger charge is 2.38. The molecule has 0 radical (unpaired) electrons. The number of para-hydroxylation sites is 3. The summed E-state index contributed by atoms with van der Waals surface area (Å²) in [6, 6.07) is 174. The van der Waals surface area contributed by atoms with Crippen molar-refractivity contribution in [3.05, 3.63) is 519 Å². The van der Waals surface area contributed by atoms with Crippen LogP contribution in [0.25, 0.3) is 128 Å². The van der Waals surface area contributed by atoms with E-state index in [0.29, 0.717) is 0 Å². The predicted molar refractivity (Wildman–Crippen MR) is 524 cm³/mol. The van der Waals surface area contributed by atoms with Gasteiger partial charge < -0.3 is 28.1 Å². The van der Waals surface area contributed by atoms with Gasteiger partial charge in [-0.2, -0.15) is 0 Å². The first-order valence-electron chi connectivity index (χ1n) is 43.2. The predicted octanol–water partition coefficient (Wildman–Crippen LogP) is 33.0. The second-order valence-corrected chi connectivity index (χ2v) is 32.6. The van der Waals surface area contributed by atoms with Crippen LogP contribution in [0.2, 0.25) is 0 Å². The summed E-state index contributed by atoms with van der Waals surface area (Å²) in [5.41, 5.74) is 36.9. The van der Waals surface area contributed by atoms with Gasteiger partial charge in [0.05, 0.1) is 11.0 Å². The molecule has 3 heterocycles. The van der Waals surface area contributed by atoms with Gasteiger partial charge in [0.15, 0.2) is 0 Å². The molecule has 0 amide bonds. The second kappa shape index (κ2) is 32.1. The molecule has 19 aromatic carbocycles. The molecule has 0 saturated carbocycles. The van der Waals surface area contributed by atoms with E-state index in [1.54, 1.807) is 0 Å². The Hall–Kier alpha value is -16.5. The fourth-order valence-corrected chi connectivity index (χ4v) is 19.3. The molecule has 0 spiro atoms. The summed E-state index contributed by atoms with van der Waals surface area (Å²) in [6.45, 7) is 0. The Kier molecular flexibility index (Phi) is 19.0. The summed E-state index contributed by atoms with van der Waals surface area (Å²) in [7, 11) is 0. The molecular formula is C120H82N4O2. The van der Waals surface area contributed by atoms with Crippen LogP contribution in [0.4, 0.5) is 51.2 Å². The van der Waals surface area contributed by atoms with E-state index in [9.17, 15) is 0 Å². The van der Waals surface area contributed by atoms with Crippen LogP contribution in [0.3, 0.4) is 0 Å². The monoisotopic (exact) mass is 1610 g/mol. The molecule has 2 aliphatic carbocycles. The molecule has 6 heteroatoms. The summed E-state index contributed by atoms with van der Waals surface area (Å²) in [6.07, 6.45) is 0. The van der Waals surface area contributed by atoms with Crippen LogP contribution in [0.1, 0.15) is 45.2 Å². The minimum atomic E-state index is 0.0893. The topological polar surface area (TPSA) is 40.9 Å². The van der Waals surface area contributed by atoms with Crippen LogP contribution in [0, 0.1) is 0 Å². The molecule has 126 heavy (non-hydrogen) atoms. The first kappa shape index (κ1) is 74.5. The number of rotatable bonds is 17. The number of aromatic nitrogens is 1. The average molecular weight is 1610 g/mol. The highest BCUT2D eigenvalue weighted by molar-refractivity contribution is 6.11. The van der Waals surface area contributed by atoms with Crippen LogP contribution in [-0.2, 0) is 0 Å². The van der Waals surface area contributed by atoms with E-state index >= 15 is 0 Å². The average Bonchev–Trinajstić information content (AvgIpc) is 1.57. The zero-order valence-electron chi connectivity index (χ0n) is 68.9. The maximum atomic E-state index is 6.71. The van der Waals surface area contributed by atoms with Crippen LogP contribution in [0.5, 0.6) is 0 Å². The lowest BCUT2D eigenvalue weighted by Gasteiger charge is -2.26. The molecule has 3 aromatic heterocycles. The Labute approximate surface area is 732 Å². The zero-order valence-corrected chi connectivity index (χ0v) is 68.9. The molecule has 2 unspecified atom stereocenters. The number of hydrogen-bond acceptors (Lipinski definition) is 5. The Bertz CT molecular complexity index is 7350. The Morgan fingerprint density at radius 1 is 0.190 bits per heavy atom. The van der Waals surface area contributed by atoms with Crippen molar-refractivity contribution in [1.82, 2.24) is 4.57 Å². The molecule has 0 saturated heterocycles. The maximum absolute atomic E-state index is 6.71. The molecule has 2 aliphatic rings. The van der Waals surface area contributed by atoms with Gasteiger partial charge in [-0.1, -0.05) is 334 Å². The third-order valence-electron chi connectivity index (χ3n) is 25.3. The largest absolute Gasteiger partial charge is 0.456 e. The van der Waals surface area contributed by atoms with Crippen LogP contribution in [0.15, 0.2) is 494 Å². The maximum Gasteiger partial charge on any atom is 0.139 e. The van der Waals surface area contributed by atoms with Gasteiger partial charge in [0.2, 0.25) is 0 Å². The molecular weight excluding hydrogens is 1530 g/mol. The van der Waals surface area contributed by atoms with E-state index in [4.69, 9.17) is 8.83 Å². The molecule has 0 fully saturated rings. The summed E-state index contributed by atoms with van der Waals surface area (Å²) in [5, 5.41) is 4.76. The van der Waals surface area contributed by atoms with Crippen molar-refractivity contribution in [1.29, 1.82) is 0 Å².